The zero-order valence-electron chi connectivity index (χ0n) is 16.7. The molecule has 4 rings (SSSR count). The Balaban J connectivity index is 1.38. The van der Waals surface area contributed by atoms with Crippen LogP contribution in [0.15, 0.2) is 42.5 Å². The lowest BCUT2D eigenvalue weighted by molar-refractivity contribution is -0.117. The Labute approximate surface area is 174 Å². The van der Waals surface area contributed by atoms with Crippen molar-refractivity contribution in [2.24, 2.45) is 0 Å². The van der Waals surface area contributed by atoms with Gasteiger partial charge in [0.05, 0.1) is 20.3 Å². The average Bonchev–Trinajstić information content (AvgIpc) is 3.37. The molecule has 0 aromatic heterocycles. The van der Waals surface area contributed by atoms with Crippen molar-refractivity contribution >= 4 is 23.6 Å². The summed E-state index contributed by atoms with van der Waals surface area (Å²) in [6.45, 7) is 0.590. The van der Waals surface area contributed by atoms with E-state index in [1.165, 1.54) is 6.08 Å². The first-order valence-corrected chi connectivity index (χ1v) is 9.48. The number of hydrogen-bond acceptors (Lipinski definition) is 6. The summed E-state index contributed by atoms with van der Waals surface area (Å²) in [6.07, 6.45) is 3.37. The number of nitrogens with one attached hydrogen (secondary N) is 1. The molecule has 0 aliphatic carbocycles. The Morgan fingerprint density at radius 3 is 2.70 bits per heavy atom. The number of rotatable bonds is 6. The minimum absolute atomic E-state index is 0.0627. The Bertz CT molecular complexity index is 1000. The highest BCUT2D eigenvalue weighted by Crippen LogP contribution is 2.34. The van der Waals surface area contributed by atoms with Crippen molar-refractivity contribution in [3.05, 3.63) is 48.0 Å². The molecule has 2 heterocycles. The number of ether oxygens (including phenoxy) is 4. The smallest absolute Gasteiger partial charge is 0.244 e. The van der Waals surface area contributed by atoms with Gasteiger partial charge in [-0.05, 0) is 35.9 Å². The Kier molecular flexibility index (Phi) is 5.47. The van der Waals surface area contributed by atoms with Crippen LogP contribution < -0.4 is 29.2 Å². The maximum absolute atomic E-state index is 12.5. The average molecular weight is 410 g/mol. The third kappa shape index (κ3) is 4.03. The maximum Gasteiger partial charge on any atom is 0.244 e. The van der Waals surface area contributed by atoms with Crippen molar-refractivity contribution in [2.75, 3.05) is 32.5 Å². The molecule has 1 atom stereocenters. The Morgan fingerprint density at radius 1 is 1.10 bits per heavy atom. The summed E-state index contributed by atoms with van der Waals surface area (Å²) in [5, 5.41) is 2.88. The van der Waals surface area contributed by atoms with Crippen LogP contribution in [0, 0.1) is 0 Å². The molecular formula is C22H22N2O6. The van der Waals surface area contributed by atoms with E-state index in [1.54, 1.807) is 49.5 Å². The van der Waals surface area contributed by atoms with Crippen LogP contribution in [0.5, 0.6) is 23.0 Å². The molecule has 0 saturated carbocycles. The number of carbonyl (C=O) groups is 2. The summed E-state index contributed by atoms with van der Waals surface area (Å²) in [5.74, 6) is 2.15. The summed E-state index contributed by atoms with van der Waals surface area (Å²) in [7, 11) is 3.10. The van der Waals surface area contributed by atoms with E-state index in [9.17, 15) is 9.59 Å². The van der Waals surface area contributed by atoms with Gasteiger partial charge in [0, 0.05) is 30.8 Å². The molecule has 0 bridgehead atoms. The maximum atomic E-state index is 12.5. The van der Waals surface area contributed by atoms with Crippen LogP contribution in [0.4, 0.5) is 5.69 Å². The van der Waals surface area contributed by atoms with Crippen LogP contribution in [0.2, 0.25) is 0 Å². The number of nitrogens with zero attached hydrogens (tertiary/aromatic N) is 1. The SMILES string of the molecule is COc1ccc(N2C[C@@H](NC(=O)/C=C\c3ccc4c(c3)OCO4)CC2=O)cc1OC. The lowest BCUT2D eigenvalue weighted by atomic mass is 10.2. The van der Waals surface area contributed by atoms with Crippen molar-refractivity contribution in [1.29, 1.82) is 0 Å². The molecule has 2 aliphatic rings. The number of hydrogen-bond donors (Lipinski definition) is 1. The van der Waals surface area contributed by atoms with Gasteiger partial charge >= 0.3 is 0 Å². The van der Waals surface area contributed by atoms with Crippen molar-refractivity contribution in [2.45, 2.75) is 12.5 Å². The monoisotopic (exact) mass is 410 g/mol. The van der Waals surface area contributed by atoms with Crippen LogP contribution >= 0.6 is 0 Å². The molecule has 8 nitrogen and oxygen atoms in total. The molecular weight excluding hydrogens is 388 g/mol. The highest BCUT2D eigenvalue weighted by Gasteiger charge is 2.31. The first-order valence-electron chi connectivity index (χ1n) is 9.48. The molecule has 0 radical (unpaired) electrons. The predicted octanol–water partition coefficient (Wildman–Crippen LogP) is 2.37. The van der Waals surface area contributed by atoms with E-state index in [2.05, 4.69) is 5.32 Å². The van der Waals surface area contributed by atoms with Crippen molar-refractivity contribution in [3.8, 4) is 23.0 Å². The molecule has 30 heavy (non-hydrogen) atoms. The van der Waals surface area contributed by atoms with Gasteiger partial charge in [0.1, 0.15) is 0 Å². The molecule has 2 aromatic carbocycles. The second-order valence-corrected chi connectivity index (χ2v) is 6.90. The lowest BCUT2D eigenvalue weighted by Crippen LogP contribution is -2.36. The van der Waals surface area contributed by atoms with E-state index in [0.29, 0.717) is 35.2 Å². The first kappa shape index (κ1) is 19.6. The second-order valence-electron chi connectivity index (χ2n) is 6.90. The molecule has 2 aliphatic heterocycles. The summed E-state index contributed by atoms with van der Waals surface area (Å²) in [6, 6.07) is 10.5. The van der Waals surface area contributed by atoms with Gasteiger partial charge in [-0.25, -0.2) is 0 Å². The topological polar surface area (TPSA) is 86.3 Å². The number of carbonyl (C=O) groups excluding carboxylic acids is 2. The van der Waals surface area contributed by atoms with E-state index in [-0.39, 0.29) is 31.1 Å². The third-order valence-electron chi connectivity index (χ3n) is 4.97. The number of methoxy groups -OCH3 is 2. The normalized spacial score (nSPS) is 17.5. The largest absolute Gasteiger partial charge is 0.493 e. The molecule has 0 unspecified atom stereocenters. The fourth-order valence-corrected chi connectivity index (χ4v) is 3.48. The minimum Gasteiger partial charge on any atom is -0.493 e. The van der Waals surface area contributed by atoms with Gasteiger partial charge in [0.25, 0.3) is 0 Å². The van der Waals surface area contributed by atoms with E-state index in [4.69, 9.17) is 18.9 Å². The van der Waals surface area contributed by atoms with Crippen LogP contribution in [0.25, 0.3) is 6.08 Å². The highest BCUT2D eigenvalue weighted by atomic mass is 16.7. The summed E-state index contributed by atoms with van der Waals surface area (Å²) < 4.78 is 21.1. The standard InChI is InChI=1S/C22H22N2O6/c1-27-17-7-5-16(11-19(17)28-2)24-12-15(10-22(24)26)23-21(25)8-4-14-3-6-18-20(9-14)30-13-29-18/h3-9,11,15H,10,12-13H2,1-2H3,(H,23,25)/b8-4-/t15-/m0/s1. The van der Waals surface area contributed by atoms with Gasteiger partial charge in [0.15, 0.2) is 23.0 Å². The minimum atomic E-state index is -0.278. The molecule has 156 valence electrons. The van der Waals surface area contributed by atoms with E-state index < -0.39 is 0 Å². The van der Waals surface area contributed by atoms with Gasteiger partial charge in [0.2, 0.25) is 18.6 Å². The Morgan fingerprint density at radius 2 is 1.90 bits per heavy atom. The summed E-state index contributed by atoms with van der Waals surface area (Å²) >= 11 is 0. The van der Waals surface area contributed by atoms with Gasteiger partial charge in [-0.1, -0.05) is 6.07 Å². The Hall–Kier alpha value is -3.68. The zero-order valence-corrected chi connectivity index (χ0v) is 16.7. The van der Waals surface area contributed by atoms with Crippen LogP contribution in [-0.2, 0) is 9.59 Å². The van der Waals surface area contributed by atoms with E-state index in [0.717, 1.165) is 5.56 Å². The molecule has 1 saturated heterocycles. The molecule has 1 fully saturated rings. The number of anilines is 1. The van der Waals surface area contributed by atoms with E-state index >= 15 is 0 Å². The fraction of sp³-hybridized carbons (Fsp3) is 0.273. The zero-order chi connectivity index (χ0) is 21.1. The van der Waals surface area contributed by atoms with Crippen molar-refractivity contribution in [1.82, 2.24) is 5.32 Å². The lowest BCUT2D eigenvalue weighted by Gasteiger charge is -2.18. The third-order valence-corrected chi connectivity index (χ3v) is 4.97. The van der Waals surface area contributed by atoms with Crippen LogP contribution in [0.1, 0.15) is 12.0 Å². The number of amides is 2. The molecule has 1 N–H and O–H groups in total. The van der Waals surface area contributed by atoms with Crippen LogP contribution in [0.3, 0.4) is 0 Å². The van der Waals surface area contributed by atoms with Gasteiger partial charge < -0.3 is 29.2 Å². The van der Waals surface area contributed by atoms with Crippen molar-refractivity contribution in [3.63, 3.8) is 0 Å². The quantitative estimate of drug-likeness (QED) is 0.736. The fourth-order valence-electron chi connectivity index (χ4n) is 3.48. The predicted molar refractivity (Wildman–Crippen MR) is 110 cm³/mol. The molecule has 8 heteroatoms. The van der Waals surface area contributed by atoms with Crippen molar-refractivity contribution < 1.29 is 28.5 Å². The van der Waals surface area contributed by atoms with Gasteiger partial charge in [-0.2, -0.15) is 0 Å². The first-order chi connectivity index (χ1) is 14.6. The number of fused-ring (bicyclic) bond motifs is 1. The summed E-state index contributed by atoms with van der Waals surface area (Å²) in [5.41, 5.74) is 1.52. The van der Waals surface area contributed by atoms with Crippen LogP contribution in [-0.4, -0.2) is 45.4 Å². The molecule has 2 amide bonds. The van der Waals surface area contributed by atoms with E-state index in [1.807, 2.05) is 12.1 Å². The summed E-state index contributed by atoms with van der Waals surface area (Å²) in [4.78, 5) is 26.4. The second kappa shape index (κ2) is 8.36. The van der Waals surface area contributed by atoms with Gasteiger partial charge in [-0.3, -0.25) is 9.59 Å². The molecule has 0 spiro atoms. The highest BCUT2D eigenvalue weighted by molar-refractivity contribution is 5.98. The number of benzene rings is 2. The molecule has 2 aromatic rings. The van der Waals surface area contributed by atoms with Gasteiger partial charge in [-0.15, -0.1) is 0 Å².